The fourth-order valence-corrected chi connectivity index (χ4v) is 6.14. The van der Waals surface area contributed by atoms with Gasteiger partial charge in [0, 0.05) is 49.0 Å². The zero-order chi connectivity index (χ0) is 22.2. The normalized spacial score (nSPS) is 17.9. The smallest absolute Gasteiger partial charge is 0.255 e. The van der Waals surface area contributed by atoms with E-state index in [2.05, 4.69) is 27.7 Å². The summed E-state index contributed by atoms with van der Waals surface area (Å²) in [5, 5.41) is 5.21. The van der Waals surface area contributed by atoms with E-state index in [9.17, 15) is 9.59 Å². The number of hydrogen-bond donors (Lipinski definition) is 1. The maximum Gasteiger partial charge on any atom is 0.255 e. The second kappa shape index (κ2) is 11.9. The van der Waals surface area contributed by atoms with Gasteiger partial charge in [0.25, 0.3) is 5.91 Å². The Hall–Kier alpha value is -1.83. The minimum Gasteiger partial charge on any atom is -0.355 e. The van der Waals surface area contributed by atoms with Gasteiger partial charge in [-0.05, 0) is 42.3 Å². The van der Waals surface area contributed by atoms with Crippen molar-refractivity contribution in [3.8, 4) is 0 Å². The van der Waals surface area contributed by atoms with Crippen molar-refractivity contribution in [3.05, 3.63) is 52.2 Å². The molecule has 0 atom stereocenters. The van der Waals surface area contributed by atoms with Crippen molar-refractivity contribution in [3.63, 3.8) is 0 Å². The van der Waals surface area contributed by atoms with Crippen LogP contribution in [0.15, 0.2) is 46.7 Å². The molecule has 0 bridgehead atoms. The topological polar surface area (TPSA) is 52.7 Å². The van der Waals surface area contributed by atoms with Gasteiger partial charge >= 0.3 is 0 Å². The lowest BCUT2D eigenvalue weighted by Gasteiger charge is -2.34. The highest BCUT2D eigenvalue weighted by Gasteiger charge is 2.24. The molecule has 1 aromatic carbocycles. The Balaban J connectivity index is 1.26. The van der Waals surface area contributed by atoms with E-state index >= 15 is 0 Å². The van der Waals surface area contributed by atoms with Crippen LogP contribution in [0.5, 0.6) is 0 Å². The lowest BCUT2D eigenvalue weighted by molar-refractivity contribution is -0.118. The van der Waals surface area contributed by atoms with Gasteiger partial charge in [-0.3, -0.25) is 14.5 Å². The number of rotatable bonds is 8. The summed E-state index contributed by atoms with van der Waals surface area (Å²) in [6.45, 7) is 5.01. The zero-order valence-corrected chi connectivity index (χ0v) is 20.3. The van der Waals surface area contributed by atoms with Gasteiger partial charge in [-0.15, -0.1) is 23.1 Å². The molecule has 2 amide bonds. The largest absolute Gasteiger partial charge is 0.355 e. The van der Waals surface area contributed by atoms with E-state index in [1.54, 1.807) is 11.3 Å². The van der Waals surface area contributed by atoms with Crippen molar-refractivity contribution in [1.29, 1.82) is 0 Å². The van der Waals surface area contributed by atoms with Crippen molar-refractivity contribution in [1.82, 2.24) is 15.1 Å². The first-order valence-corrected chi connectivity index (χ1v) is 13.6. The fourth-order valence-electron chi connectivity index (χ4n) is 4.52. The summed E-state index contributed by atoms with van der Waals surface area (Å²) in [6, 6.07) is 12.0. The fraction of sp³-hybridized carbons (Fsp3) is 0.520. The van der Waals surface area contributed by atoms with Crippen LogP contribution >= 0.6 is 23.1 Å². The minimum atomic E-state index is 0.0602. The van der Waals surface area contributed by atoms with E-state index in [0.717, 1.165) is 44.2 Å². The maximum atomic E-state index is 13.2. The molecule has 7 heteroatoms. The van der Waals surface area contributed by atoms with Crippen molar-refractivity contribution in [2.75, 3.05) is 38.5 Å². The molecule has 0 spiro atoms. The molecule has 1 saturated heterocycles. The van der Waals surface area contributed by atoms with Crippen LogP contribution < -0.4 is 5.32 Å². The summed E-state index contributed by atoms with van der Waals surface area (Å²) in [5.41, 5.74) is 0.712. The number of amides is 2. The molecule has 4 rings (SSSR count). The van der Waals surface area contributed by atoms with Gasteiger partial charge in [-0.2, -0.15) is 0 Å². The van der Waals surface area contributed by atoms with Crippen LogP contribution in [0.4, 0.5) is 0 Å². The maximum absolute atomic E-state index is 13.2. The van der Waals surface area contributed by atoms with E-state index in [1.165, 1.54) is 48.7 Å². The number of benzene rings is 1. The highest BCUT2D eigenvalue weighted by Crippen LogP contribution is 2.25. The average molecular weight is 472 g/mol. The monoisotopic (exact) mass is 471 g/mol. The van der Waals surface area contributed by atoms with Crippen molar-refractivity contribution >= 4 is 34.9 Å². The van der Waals surface area contributed by atoms with Crippen molar-refractivity contribution < 1.29 is 9.59 Å². The number of thiophene rings is 1. The highest BCUT2D eigenvalue weighted by atomic mass is 32.2. The highest BCUT2D eigenvalue weighted by molar-refractivity contribution is 8.00. The Morgan fingerprint density at radius 1 is 1.00 bits per heavy atom. The molecule has 1 saturated carbocycles. The summed E-state index contributed by atoms with van der Waals surface area (Å²) in [7, 11) is 0. The molecule has 2 aromatic rings. The first kappa shape index (κ1) is 23.3. The lowest BCUT2D eigenvalue weighted by atomic mass is 9.89. The second-order valence-electron chi connectivity index (χ2n) is 8.74. The van der Waals surface area contributed by atoms with Crippen LogP contribution in [0, 0.1) is 5.92 Å². The zero-order valence-electron chi connectivity index (χ0n) is 18.6. The molecule has 2 fully saturated rings. The van der Waals surface area contributed by atoms with E-state index in [0.29, 0.717) is 17.2 Å². The quantitative estimate of drug-likeness (QED) is 0.576. The van der Waals surface area contributed by atoms with Gasteiger partial charge in [0.05, 0.1) is 11.3 Å². The molecule has 1 aliphatic carbocycles. The van der Waals surface area contributed by atoms with Gasteiger partial charge in [-0.1, -0.05) is 37.5 Å². The molecule has 1 aliphatic heterocycles. The molecular weight excluding hydrogens is 438 g/mol. The Labute approximate surface area is 199 Å². The van der Waals surface area contributed by atoms with Crippen molar-refractivity contribution in [2.45, 2.75) is 43.5 Å². The standard InChI is InChI=1S/C25H33N3O2S2/c29-24(26-17-20-7-2-1-3-8-20)19-32-23-11-5-4-10-22(23)25(30)28-14-12-27(13-15-28)18-21-9-6-16-31-21/h4-6,9-11,16,20H,1-3,7-8,12-15,17-19H2,(H,26,29). The third kappa shape index (κ3) is 6.59. The molecule has 172 valence electrons. The first-order chi connectivity index (χ1) is 15.7. The van der Waals surface area contributed by atoms with E-state index in [4.69, 9.17) is 0 Å². The molecule has 2 heterocycles. The Morgan fingerprint density at radius 3 is 2.53 bits per heavy atom. The van der Waals surface area contributed by atoms with Gasteiger partial charge in [0.15, 0.2) is 0 Å². The van der Waals surface area contributed by atoms with Gasteiger partial charge in [-0.25, -0.2) is 0 Å². The number of thioether (sulfide) groups is 1. The van der Waals surface area contributed by atoms with Crippen LogP contribution in [0.25, 0.3) is 0 Å². The summed E-state index contributed by atoms with van der Waals surface area (Å²) in [5.74, 6) is 1.12. The van der Waals surface area contributed by atoms with Gasteiger partial charge < -0.3 is 10.2 Å². The molecule has 1 aromatic heterocycles. The number of carbonyl (C=O) groups is 2. The lowest BCUT2D eigenvalue weighted by Crippen LogP contribution is -2.48. The van der Waals surface area contributed by atoms with Crippen molar-refractivity contribution in [2.24, 2.45) is 5.92 Å². The third-order valence-electron chi connectivity index (χ3n) is 6.41. The van der Waals surface area contributed by atoms with E-state index in [-0.39, 0.29) is 11.8 Å². The van der Waals surface area contributed by atoms with Gasteiger partial charge in [0.2, 0.25) is 5.91 Å². The van der Waals surface area contributed by atoms with E-state index in [1.807, 2.05) is 29.2 Å². The van der Waals surface area contributed by atoms with Gasteiger partial charge in [0.1, 0.15) is 0 Å². The minimum absolute atomic E-state index is 0.0602. The average Bonchev–Trinajstić information content (AvgIpc) is 3.35. The molecule has 32 heavy (non-hydrogen) atoms. The summed E-state index contributed by atoms with van der Waals surface area (Å²) >= 11 is 3.25. The molecule has 0 unspecified atom stereocenters. The van der Waals surface area contributed by atoms with Crippen LogP contribution in [0.3, 0.4) is 0 Å². The number of nitrogens with zero attached hydrogens (tertiary/aromatic N) is 2. The summed E-state index contributed by atoms with van der Waals surface area (Å²) < 4.78 is 0. The first-order valence-electron chi connectivity index (χ1n) is 11.7. The Kier molecular flexibility index (Phi) is 8.65. The predicted octanol–water partition coefficient (Wildman–Crippen LogP) is 4.49. The van der Waals surface area contributed by atoms with Crippen LogP contribution in [0.2, 0.25) is 0 Å². The Morgan fingerprint density at radius 2 is 1.78 bits per heavy atom. The number of hydrogen-bond acceptors (Lipinski definition) is 5. The molecule has 1 N–H and O–H groups in total. The number of carbonyl (C=O) groups excluding carboxylic acids is 2. The molecular formula is C25H33N3O2S2. The van der Waals surface area contributed by atoms with Crippen LogP contribution in [-0.4, -0.2) is 60.1 Å². The number of piperazine rings is 1. The second-order valence-corrected chi connectivity index (χ2v) is 10.8. The molecule has 0 radical (unpaired) electrons. The summed E-state index contributed by atoms with van der Waals surface area (Å²) in [6.07, 6.45) is 6.35. The number of nitrogens with one attached hydrogen (secondary N) is 1. The van der Waals surface area contributed by atoms with E-state index < -0.39 is 0 Å². The molecule has 2 aliphatic rings. The third-order valence-corrected chi connectivity index (χ3v) is 8.34. The SMILES string of the molecule is O=C(CSc1ccccc1C(=O)N1CCN(Cc2cccs2)CC1)NCC1CCCCC1. The van der Waals surface area contributed by atoms with Crippen LogP contribution in [-0.2, 0) is 11.3 Å². The molecule has 5 nitrogen and oxygen atoms in total. The Bertz CT molecular complexity index is 873. The summed E-state index contributed by atoms with van der Waals surface area (Å²) in [4.78, 5) is 32.2. The van der Waals surface area contributed by atoms with Crippen LogP contribution in [0.1, 0.15) is 47.3 Å². The predicted molar refractivity (Wildman–Crippen MR) is 132 cm³/mol.